The van der Waals surface area contributed by atoms with E-state index in [9.17, 15) is 14.9 Å². The minimum atomic E-state index is -0.494. The Kier molecular flexibility index (Phi) is 5.75. The summed E-state index contributed by atoms with van der Waals surface area (Å²) in [5.74, 6) is -0.779. The first-order chi connectivity index (χ1) is 14.9. The number of halogens is 2. The Morgan fingerprint density at radius 3 is 2.55 bits per heavy atom. The number of fused-ring (bicyclic) bond motifs is 1. The first kappa shape index (κ1) is 20.6. The summed E-state index contributed by atoms with van der Waals surface area (Å²) in [5.41, 5.74) is 2.39. The largest absolute Gasteiger partial charge is 0.293 e. The van der Waals surface area contributed by atoms with Crippen molar-refractivity contribution in [2.45, 2.75) is 0 Å². The number of nitrogens with zero attached hydrogens (tertiary/aromatic N) is 4. The van der Waals surface area contributed by atoms with Gasteiger partial charge in [0.05, 0.1) is 21.8 Å². The Hall–Kier alpha value is -3.62. The maximum absolute atomic E-state index is 11.8. The van der Waals surface area contributed by atoms with E-state index >= 15 is 0 Å². The molecular formula is C21H13Cl2N5O3. The fourth-order valence-corrected chi connectivity index (χ4v) is 3.31. The number of hydrogen-bond donors (Lipinski definition) is 1. The molecule has 0 saturated carbocycles. The van der Waals surface area contributed by atoms with Crippen molar-refractivity contribution in [3.8, 4) is 22.5 Å². The Labute approximate surface area is 186 Å². The average molecular weight is 454 g/mol. The van der Waals surface area contributed by atoms with Gasteiger partial charge in [-0.2, -0.15) is 0 Å². The number of amides is 1. The quantitative estimate of drug-likeness (QED) is 0.195. The fraction of sp³-hybridized carbons (Fsp3) is 0.0476. The summed E-state index contributed by atoms with van der Waals surface area (Å²) in [6.07, 6.45) is 0. The van der Waals surface area contributed by atoms with Crippen molar-refractivity contribution in [3.63, 3.8) is 0 Å². The van der Waals surface area contributed by atoms with Gasteiger partial charge in [-0.15, -0.1) is 11.6 Å². The van der Waals surface area contributed by atoms with Gasteiger partial charge in [0.2, 0.25) is 11.9 Å². The number of carbonyl (C=O) groups excluding carboxylic acids is 1. The molecule has 0 fully saturated rings. The zero-order chi connectivity index (χ0) is 22.0. The number of carbonyl (C=O) groups is 1. The van der Waals surface area contributed by atoms with Crippen molar-refractivity contribution in [1.82, 2.24) is 15.0 Å². The molecule has 4 aromatic rings. The summed E-state index contributed by atoms with van der Waals surface area (Å²) < 4.78 is 0. The minimum Gasteiger partial charge on any atom is -0.293 e. The van der Waals surface area contributed by atoms with Gasteiger partial charge in [0.1, 0.15) is 11.0 Å². The van der Waals surface area contributed by atoms with Gasteiger partial charge in [0.25, 0.3) is 5.69 Å². The third kappa shape index (κ3) is 4.45. The Morgan fingerprint density at radius 2 is 1.77 bits per heavy atom. The van der Waals surface area contributed by atoms with Crippen LogP contribution in [0.3, 0.4) is 0 Å². The summed E-state index contributed by atoms with van der Waals surface area (Å²) >= 11 is 12.0. The van der Waals surface area contributed by atoms with E-state index in [1.165, 1.54) is 12.1 Å². The molecule has 0 aliphatic carbocycles. The van der Waals surface area contributed by atoms with E-state index in [1.807, 2.05) is 30.3 Å². The van der Waals surface area contributed by atoms with Crippen molar-refractivity contribution in [3.05, 3.63) is 75.9 Å². The topological polar surface area (TPSA) is 111 Å². The predicted molar refractivity (Wildman–Crippen MR) is 119 cm³/mol. The third-order valence-electron chi connectivity index (χ3n) is 4.40. The third-order valence-corrected chi connectivity index (χ3v) is 4.94. The molecule has 0 spiro atoms. The first-order valence-corrected chi connectivity index (χ1v) is 9.91. The first-order valence-electron chi connectivity index (χ1n) is 9.00. The van der Waals surface area contributed by atoms with Crippen molar-refractivity contribution in [1.29, 1.82) is 0 Å². The van der Waals surface area contributed by atoms with Crippen LogP contribution in [0, 0.1) is 10.1 Å². The van der Waals surface area contributed by atoms with E-state index in [0.29, 0.717) is 22.5 Å². The summed E-state index contributed by atoms with van der Waals surface area (Å²) in [5, 5.41) is 14.8. The molecule has 0 aliphatic rings. The van der Waals surface area contributed by atoms with Gasteiger partial charge in [-0.25, -0.2) is 15.0 Å². The highest BCUT2D eigenvalue weighted by Crippen LogP contribution is 2.32. The number of nitro groups is 1. The van der Waals surface area contributed by atoms with Gasteiger partial charge in [0, 0.05) is 28.6 Å². The number of aromatic nitrogens is 3. The normalized spacial score (nSPS) is 10.8. The molecule has 0 saturated heterocycles. The van der Waals surface area contributed by atoms with Gasteiger partial charge in [-0.3, -0.25) is 20.2 Å². The number of benzene rings is 2. The standard InChI is InChI=1S/C21H13Cl2N5O3/c22-11-19(29)27-21-25-17(12-5-3-6-14(8-12)28(30)31)10-18(26-21)15-9-13-4-1-2-7-16(13)24-20(15)23/h1-10H,11H2,(H,25,26,27,29). The molecule has 2 heterocycles. The summed E-state index contributed by atoms with van der Waals surface area (Å²) in [4.78, 5) is 35.6. The van der Waals surface area contributed by atoms with E-state index in [4.69, 9.17) is 23.2 Å². The second kappa shape index (κ2) is 8.63. The Bertz CT molecular complexity index is 1330. The van der Waals surface area contributed by atoms with Crippen LogP contribution in [0.5, 0.6) is 0 Å². The molecule has 154 valence electrons. The van der Waals surface area contributed by atoms with Gasteiger partial charge >= 0.3 is 0 Å². The monoisotopic (exact) mass is 453 g/mol. The molecule has 8 nitrogen and oxygen atoms in total. The molecule has 0 bridgehead atoms. The second-order valence-electron chi connectivity index (χ2n) is 6.47. The van der Waals surface area contributed by atoms with Crippen LogP contribution in [0.2, 0.25) is 5.15 Å². The highest BCUT2D eigenvalue weighted by molar-refractivity contribution is 6.32. The minimum absolute atomic E-state index is 0.00567. The van der Waals surface area contributed by atoms with Crippen LogP contribution in [0.4, 0.5) is 11.6 Å². The Balaban J connectivity index is 1.90. The van der Waals surface area contributed by atoms with E-state index in [2.05, 4.69) is 20.3 Å². The molecule has 2 aromatic carbocycles. The van der Waals surface area contributed by atoms with E-state index in [0.717, 1.165) is 10.9 Å². The van der Waals surface area contributed by atoms with Crippen LogP contribution >= 0.6 is 23.2 Å². The zero-order valence-electron chi connectivity index (χ0n) is 15.8. The van der Waals surface area contributed by atoms with Gasteiger partial charge < -0.3 is 0 Å². The molecule has 0 atom stereocenters. The van der Waals surface area contributed by atoms with E-state index in [1.54, 1.807) is 18.2 Å². The molecule has 1 amide bonds. The van der Waals surface area contributed by atoms with Crippen molar-refractivity contribution in [2.24, 2.45) is 0 Å². The lowest BCUT2D eigenvalue weighted by molar-refractivity contribution is -0.384. The van der Waals surface area contributed by atoms with E-state index in [-0.39, 0.29) is 22.7 Å². The maximum Gasteiger partial charge on any atom is 0.270 e. The van der Waals surface area contributed by atoms with Crippen molar-refractivity contribution < 1.29 is 9.72 Å². The molecule has 31 heavy (non-hydrogen) atoms. The number of nitro benzene ring substituents is 1. The van der Waals surface area contributed by atoms with Crippen LogP contribution < -0.4 is 5.32 Å². The lowest BCUT2D eigenvalue weighted by Gasteiger charge is -2.11. The van der Waals surface area contributed by atoms with Gasteiger partial charge in [0.15, 0.2) is 0 Å². The lowest BCUT2D eigenvalue weighted by atomic mass is 10.1. The number of hydrogen-bond acceptors (Lipinski definition) is 6. The maximum atomic E-state index is 11.8. The van der Waals surface area contributed by atoms with Crippen molar-refractivity contribution >= 4 is 51.6 Å². The van der Waals surface area contributed by atoms with Crippen LogP contribution in [-0.2, 0) is 4.79 Å². The Morgan fingerprint density at radius 1 is 1.00 bits per heavy atom. The lowest BCUT2D eigenvalue weighted by Crippen LogP contribution is -2.15. The molecule has 2 aromatic heterocycles. The number of nitrogens with one attached hydrogen (secondary N) is 1. The molecular weight excluding hydrogens is 441 g/mol. The summed E-state index contributed by atoms with van der Waals surface area (Å²) in [6, 6.07) is 16.9. The highest BCUT2D eigenvalue weighted by Gasteiger charge is 2.16. The number of non-ortho nitro benzene ring substituents is 1. The molecule has 0 unspecified atom stereocenters. The molecule has 1 N–H and O–H groups in total. The SMILES string of the molecule is O=C(CCl)Nc1nc(-c2cccc([N+](=O)[O-])c2)cc(-c2cc3ccccc3nc2Cl)n1. The smallest absolute Gasteiger partial charge is 0.270 e. The van der Waals surface area contributed by atoms with Gasteiger partial charge in [-0.1, -0.05) is 41.9 Å². The zero-order valence-corrected chi connectivity index (χ0v) is 17.3. The molecule has 4 rings (SSSR count). The van der Waals surface area contributed by atoms with Crippen molar-refractivity contribution in [2.75, 3.05) is 11.2 Å². The molecule has 10 heteroatoms. The number of anilines is 1. The second-order valence-corrected chi connectivity index (χ2v) is 7.10. The van der Waals surface area contributed by atoms with Gasteiger partial charge in [-0.05, 0) is 18.2 Å². The fourth-order valence-electron chi connectivity index (χ4n) is 3.00. The number of para-hydroxylation sites is 1. The number of rotatable bonds is 5. The number of pyridine rings is 1. The summed E-state index contributed by atoms with van der Waals surface area (Å²) in [6.45, 7) is 0. The average Bonchev–Trinajstić information content (AvgIpc) is 2.78. The molecule has 0 radical (unpaired) electrons. The van der Waals surface area contributed by atoms with Crippen LogP contribution in [-0.4, -0.2) is 31.7 Å². The number of alkyl halides is 1. The van der Waals surface area contributed by atoms with Crippen LogP contribution in [0.15, 0.2) is 60.7 Å². The van der Waals surface area contributed by atoms with Crippen LogP contribution in [0.1, 0.15) is 0 Å². The van der Waals surface area contributed by atoms with Crippen LogP contribution in [0.25, 0.3) is 33.4 Å². The molecule has 0 aliphatic heterocycles. The van der Waals surface area contributed by atoms with E-state index < -0.39 is 10.8 Å². The predicted octanol–water partition coefficient (Wildman–Crippen LogP) is 5.10. The summed E-state index contributed by atoms with van der Waals surface area (Å²) in [7, 11) is 0. The highest BCUT2D eigenvalue weighted by atomic mass is 35.5.